The first-order valence-corrected chi connectivity index (χ1v) is 9.29. The standard InChI is InChI=1S/C20H22ClN3O2/c21-17-10-11-22-18(12-17)24-20(26)16-8-6-14(7-9-16)13-23-19(25)15-4-2-1-3-5-15/h6-12,15H,1-5,13H2,(H,23,25)(H,22,24,26). The van der Waals surface area contributed by atoms with Crippen molar-refractivity contribution in [2.75, 3.05) is 5.32 Å². The summed E-state index contributed by atoms with van der Waals surface area (Å²) in [4.78, 5) is 28.5. The van der Waals surface area contributed by atoms with Crippen LogP contribution in [-0.2, 0) is 11.3 Å². The second-order valence-corrected chi connectivity index (χ2v) is 7.00. The van der Waals surface area contributed by atoms with Crippen molar-refractivity contribution in [1.29, 1.82) is 0 Å². The highest BCUT2D eigenvalue weighted by molar-refractivity contribution is 6.30. The highest BCUT2D eigenvalue weighted by Crippen LogP contribution is 2.23. The number of halogens is 1. The van der Waals surface area contributed by atoms with Crippen molar-refractivity contribution in [1.82, 2.24) is 10.3 Å². The molecule has 1 heterocycles. The van der Waals surface area contributed by atoms with Crippen LogP contribution in [0.4, 0.5) is 5.82 Å². The first-order valence-electron chi connectivity index (χ1n) is 8.91. The fourth-order valence-electron chi connectivity index (χ4n) is 3.13. The first kappa shape index (κ1) is 18.4. The molecule has 6 heteroatoms. The van der Waals surface area contributed by atoms with Gasteiger partial charge >= 0.3 is 0 Å². The van der Waals surface area contributed by atoms with Gasteiger partial charge in [-0.2, -0.15) is 0 Å². The van der Waals surface area contributed by atoms with E-state index in [1.807, 2.05) is 12.1 Å². The van der Waals surface area contributed by atoms with E-state index in [1.165, 1.54) is 12.6 Å². The molecule has 0 unspecified atom stereocenters. The molecule has 2 N–H and O–H groups in total. The Labute approximate surface area is 158 Å². The lowest BCUT2D eigenvalue weighted by Crippen LogP contribution is -2.31. The summed E-state index contributed by atoms with van der Waals surface area (Å²) in [5, 5.41) is 6.22. The van der Waals surface area contributed by atoms with E-state index in [1.54, 1.807) is 24.3 Å². The minimum Gasteiger partial charge on any atom is -0.352 e. The Morgan fingerprint density at radius 1 is 1.08 bits per heavy atom. The molecule has 2 aromatic rings. The summed E-state index contributed by atoms with van der Waals surface area (Å²) in [5.41, 5.74) is 1.49. The third-order valence-electron chi connectivity index (χ3n) is 4.62. The van der Waals surface area contributed by atoms with Gasteiger partial charge in [-0.05, 0) is 42.7 Å². The van der Waals surface area contributed by atoms with Gasteiger partial charge in [0.25, 0.3) is 5.91 Å². The number of nitrogens with zero attached hydrogens (tertiary/aromatic N) is 1. The summed E-state index contributed by atoms with van der Waals surface area (Å²) in [5.74, 6) is 0.446. The summed E-state index contributed by atoms with van der Waals surface area (Å²) in [6.45, 7) is 0.479. The molecule has 0 aliphatic heterocycles. The summed E-state index contributed by atoms with van der Waals surface area (Å²) in [6.07, 6.45) is 7.03. The van der Waals surface area contributed by atoms with E-state index >= 15 is 0 Å². The van der Waals surface area contributed by atoms with Crippen LogP contribution in [0.2, 0.25) is 5.02 Å². The van der Waals surface area contributed by atoms with Crippen molar-refractivity contribution in [2.24, 2.45) is 5.92 Å². The predicted octanol–water partition coefficient (Wildman–Crippen LogP) is 4.18. The Hall–Kier alpha value is -2.40. The number of anilines is 1. The second kappa shape index (κ2) is 8.81. The Morgan fingerprint density at radius 2 is 1.81 bits per heavy atom. The van der Waals surface area contributed by atoms with Crippen molar-refractivity contribution < 1.29 is 9.59 Å². The van der Waals surface area contributed by atoms with E-state index in [4.69, 9.17) is 11.6 Å². The van der Waals surface area contributed by atoms with Crippen molar-refractivity contribution in [3.8, 4) is 0 Å². The van der Waals surface area contributed by atoms with Crippen LogP contribution in [0.1, 0.15) is 48.0 Å². The highest BCUT2D eigenvalue weighted by Gasteiger charge is 2.20. The quantitative estimate of drug-likeness (QED) is 0.828. The van der Waals surface area contributed by atoms with Gasteiger partial charge in [0.1, 0.15) is 5.82 Å². The van der Waals surface area contributed by atoms with Crippen LogP contribution in [0.25, 0.3) is 0 Å². The maximum atomic E-state index is 12.2. The van der Waals surface area contributed by atoms with Gasteiger partial charge in [-0.15, -0.1) is 0 Å². The number of carbonyl (C=O) groups is 2. The fraction of sp³-hybridized carbons (Fsp3) is 0.350. The number of benzene rings is 1. The summed E-state index contributed by atoms with van der Waals surface area (Å²) in [7, 11) is 0. The molecule has 136 valence electrons. The number of hydrogen-bond acceptors (Lipinski definition) is 3. The van der Waals surface area contributed by atoms with Crippen molar-refractivity contribution in [3.63, 3.8) is 0 Å². The summed E-state index contributed by atoms with van der Waals surface area (Å²) < 4.78 is 0. The number of carbonyl (C=O) groups excluding carboxylic acids is 2. The average Bonchev–Trinajstić information content (AvgIpc) is 2.67. The predicted molar refractivity (Wildman–Crippen MR) is 102 cm³/mol. The molecule has 1 aromatic carbocycles. The molecule has 2 amide bonds. The lowest BCUT2D eigenvalue weighted by Gasteiger charge is -2.20. The van der Waals surface area contributed by atoms with Crippen LogP contribution in [0.5, 0.6) is 0 Å². The van der Waals surface area contributed by atoms with Gasteiger partial charge in [-0.1, -0.05) is 43.0 Å². The summed E-state index contributed by atoms with van der Waals surface area (Å²) >= 11 is 5.89. The molecule has 1 aromatic heterocycles. The number of nitrogens with one attached hydrogen (secondary N) is 2. The Balaban J connectivity index is 1.52. The van der Waals surface area contributed by atoms with Gasteiger partial charge in [0.2, 0.25) is 5.91 Å². The minimum absolute atomic E-state index is 0.138. The van der Waals surface area contributed by atoms with Crippen molar-refractivity contribution in [2.45, 2.75) is 38.6 Å². The third-order valence-corrected chi connectivity index (χ3v) is 4.86. The zero-order valence-corrected chi connectivity index (χ0v) is 15.3. The molecule has 3 rings (SSSR count). The monoisotopic (exact) mass is 371 g/mol. The van der Waals surface area contributed by atoms with E-state index in [-0.39, 0.29) is 17.7 Å². The first-order chi connectivity index (χ1) is 12.6. The summed E-state index contributed by atoms with van der Waals surface area (Å²) in [6, 6.07) is 10.4. The van der Waals surface area contributed by atoms with Crippen LogP contribution in [-0.4, -0.2) is 16.8 Å². The van der Waals surface area contributed by atoms with Crippen LogP contribution in [0, 0.1) is 5.92 Å². The molecule has 0 atom stereocenters. The molecule has 0 spiro atoms. The number of amides is 2. The zero-order chi connectivity index (χ0) is 18.4. The van der Waals surface area contributed by atoms with Gasteiger partial charge in [0.05, 0.1) is 0 Å². The molecule has 0 bridgehead atoms. The Morgan fingerprint density at radius 3 is 2.50 bits per heavy atom. The highest BCUT2D eigenvalue weighted by atomic mass is 35.5. The Kier molecular flexibility index (Phi) is 6.23. The van der Waals surface area contributed by atoms with Gasteiger partial charge in [0.15, 0.2) is 0 Å². The lowest BCUT2D eigenvalue weighted by atomic mass is 9.88. The Bertz CT molecular complexity index is 771. The average molecular weight is 372 g/mol. The minimum atomic E-state index is -0.252. The molecule has 1 aliphatic rings. The van der Waals surface area contributed by atoms with Crippen LogP contribution >= 0.6 is 11.6 Å². The molecule has 0 radical (unpaired) electrons. The number of aromatic nitrogens is 1. The molecular formula is C20H22ClN3O2. The molecule has 26 heavy (non-hydrogen) atoms. The molecular weight excluding hydrogens is 350 g/mol. The molecule has 1 fully saturated rings. The van der Waals surface area contributed by atoms with Gasteiger partial charge < -0.3 is 10.6 Å². The number of pyridine rings is 1. The lowest BCUT2D eigenvalue weighted by molar-refractivity contribution is -0.126. The zero-order valence-electron chi connectivity index (χ0n) is 14.5. The van der Waals surface area contributed by atoms with E-state index in [0.717, 1.165) is 31.2 Å². The van der Waals surface area contributed by atoms with E-state index in [2.05, 4.69) is 15.6 Å². The van der Waals surface area contributed by atoms with Gasteiger partial charge in [-0.3, -0.25) is 9.59 Å². The van der Waals surface area contributed by atoms with Crippen molar-refractivity contribution >= 4 is 29.2 Å². The molecule has 1 saturated carbocycles. The number of rotatable bonds is 5. The smallest absolute Gasteiger partial charge is 0.256 e. The van der Waals surface area contributed by atoms with Gasteiger partial charge in [-0.25, -0.2) is 4.98 Å². The van der Waals surface area contributed by atoms with Gasteiger partial charge in [0, 0.05) is 29.2 Å². The normalized spacial score (nSPS) is 14.7. The molecule has 0 saturated heterocycles. The maximum Gasteiger partial charge on any atom is 0.256 e. The SMILES string of the molecule is O=C(Nc1cc(Cl)ccn1)c1ccc(CNC(=O)C2CCCCC2)cc1. The van der Waals surface area contributed by atoms with E-state index in [9.17, 15) is 9.59 Å². The largest absolute Gasteiger partial charge is 0.352 e. The van der Waals surface area contributed by atoms with Crippen LogP contribution in [0.15, 0.2) is 42.6 Å². The number of hydrogen-bond donors (Lipinski definition) is 2. The van der Waals surface area contributed by atoms with Crippen LogP contribution in [0.3, 0.4) is 0 Å². The van der Waals surface area contributed by atoms with E-state index < -0.39 is 0 Å². The molecule has 5 nitrogen and oxygen atoms in total. The molecule has 1 aliphatic carbocycles. The van der Waals surface area contributed by atoms with Crippen LogP contribution < -0.4 is 10.6 Å². The third kappa shape index (κ3) is 5.05. The second-order valence-electron chi connectivity index (χ2n) is 6.56. The fourth-order valence-corrected chi connectivity index (χ4v) is 3.29. The van der Waals surface area contributed by atoms with E-state index in [0.29, 0.717) is 22.9 Å². The van der Waals surface area contributed by atoms with Crippen molar-refractivity contribution in [3.05, 3.63) is 58.7 Å². The topological polar surface area (TPSA) is 71.1 Å². The maximum absolute atomic E-state index is 12.2.